The Balaban J connectivity index is 1.96. The van der Waals surface area contributed by atoms with Gasteiger partial charge in [0.1, 0.15) is 5.75 Å². The van der Waals surface area contributed by atoms with E-state index in [-0.39, 0.29) is 12.5 Å². The van der Waals surface area contributed by atoms with E-state index in [9.17, 15) is 4.79 Å². The molecule has 0 saturated carbocycles. The fourth-order valence-corrected chi connectivity index (χ4v) is 1.82. The standard InChI is InChI=1S/C15H12ClN3O2/c16-11-3-1-2-4-13(11)19-15(20)9-21-14-6-5-10(8-17)7-12(14)18/h1-7H,9,18H2,(H,19,20). The van der Waals surface area contributed by atoms with Crippen LogP contribution in [0.15, 0.2) is 42.5 Å². The molecule has 0 spiro atoms. The molecule has 0 atom stereocenters. The topological polar surface area (TPSA) is 88.1 Å². The van der Waals surface area contributed by atoms with Gasteiger partial charge < -0.3 is 15.8 Å². The molecule has 0 heterocycles. The van der Waals surface area contributed by atoms with E-state index in [0.717, 1.165) is 0 Å². The third-order valence-corrected chi connectivity index (χ3v) is 2.98. The van der Waals surface area contributed by atoms with Gasteiger partial charge in [0.15, 0.2) is 6.61 Å². The van der Waals surface area contributed by atoms with E-state index in [1.54, 1.807) is 36.4 Å². The lowest BCUT2D eigenvalue weighted by Crippen LogP contribution is -2.20. The van der Waals surface area contributed by atoms with Gasteiger partial charge in [-0.25, -0.2) is 0 Å². The van der Waals surface area contributed by atoms with Crippen molar-refractivity contribution in [3.8, 4) is 11.8 Å². The highest BCUT2D eigenvalue weighted by molar-refractivity contribution is 6.33. The van der Waals surface area contributed by atoms with Crippen molar-refractivity contribution < 1.29 is 9.53 Å². The van der Waals surface area contributed by atoms with Crippen LogP contribution in [0.2, 0.25) is 5.02 Å². The summed E-state index contributed by atoms with van der Waals surface area (Å²) < 4.78 is 5.32. The van der Waals surface area contributed by atoms with Crippen molar-refractivity contribution >= 4 is 28.9 Å². The maximum absolute atomic E-state index is 11.8. The Morgan fingerprint density at radius 3 is 2.76 bits per heavy atom. The molecule has 21 heavy (non-hydrogen) atoms. The summed E-state index contributed by atoms with van der Waals surface area (Å²) in [5.41, 5.74) is 6.98. The second kappa shape index (κ2) is 6.64. The molecule has 0 aliphatic heterocycles. The van der Waals surface area contributed by atoms with E-state index in [1.807, 2.05) is 6.07 Å². The van der Waals surface area contributed by atoms with Gasteiger partial charge in [0.2, 0.25) is 0 Å². The van der Waals surface area contributed by atoms with Gasteiger partial charge in [-0.1, -0.05) is 23.7 Å². The molecular formula is C15H12ClN3O2. The SMILES string of the molecule is N#Cc1ccc(OCC(=O)Nc2ccccc2Cl)c(N)c1. The van der Waals surface area contributed by atoms with Gasteiger partial charge in [-0.15, -0.1) is 0 Å². The largest absolute Gasteiger partial charge is 0.482 e. The van der Waals surface area contributed by atoms with E-state index < -0.39 is 0 Å². The summed E-state index contributed by atoms with van der Waals surface area (Å²) in [6, 6.07) is 13.5. The first-order valence-corrected chi connectivity index (χ1v) is 6.45. The third-order valence-electron chi connectivity index (χ3n) is 2.65. The van der Waals surface area contributed by atoms with Gasteiger partial charge in [0.05, 0.1) is 28.0 Å². The number of amides is 1. The van der Waals surface area contributed by atoms with Gasteiger partial charge in [0, 0.05) is 0 Å². The molecule has 0 unspecified atom stereocenters. The van der Waals surface area contributed by atoms with Crippen molar-refractivity contribution in [3.63, 3.8) is 0 Å². The van der Waals surface area contributed by atoms with E-state index in [0.29, 0.717) is 27.7 Å². The molecule has 106 valence electrons. The lowest BCUT2D eigenvalue weighted by molar-refractivity contribution is -0.118. The molecule has 0 radical (unpaired) electrons. The second-order valence-electron chi connectivity index (χ2n) is 4.18. The molecule has 0 aliphatic carbocycles. The van der Waals surface area contributed by atoms with Gasteiger partial charge in [-0.3, -0.25) is 4.79 Å². The Morgan fingerprint density at radius 2 is 2.10 bits per heavy atom. The summed E-state index contributed by atoms with van der Waals surface area (Å²) in [4.78, 5) is 11.8. The van der Waals surface area contributed by atoms with E-state index in [2.05, 4.69) is 5.32 Å². The third kappa shape index (κ3) is 3.88. The van der Waals surface area contributed by atoms with Crippen LogP contribution < -0.4 is 15.8 Å². The van der Waals surface area contributed by atoms with Crippen molar-refractivity contribution in [1.82, 2.24) is 0 Å². The van der Waals surface area contributed by atoms with Crippen LogP contribution in [0.5, 0.6) is 5.75 Å². The van der Waals surface area contributed by atoms with Crippen molar-refractivity contribution in [2.45, 2.75) is 0 Å². The first-order valence-electron chi connectivity index (χ1n) is 6.07. The highest BCUT2D eigenvalue weighted by atomic mass is 35.5. The number of para-hydroxylation sites is 1. The normalized spacial score (nSPS) is 9.71. The van der Waals surface area contributed by atoms with Gasteiger partial charge in [-0.05, 0) is 30.3 Å². The Kier molecular flexibility index (Phi) is 4.64. The van der Waals surface area contributed by atoms with E-state index in [1.165, 1.54) is 6.07 Å². The van der Waals surface area contributed by atoms with Gasteiger partial charge >= 0.3 is 0 Å². The molecule has 0 bridgehead atoms. The molecule has 0 saturated heterocycles. The fraction of sp³-hybridized carbons (Fsp3) is 0.0667. The maximum Gasteiger partial charge on any atom is 0.262 e. The number of nitrogens with zero attached hydrogens (tertiary/aromatic N) is 1. The lowest BCUT2D eigenvalue weighted by Gasteiger charge is -2.10. The van der Waals surface area contributed by atoms with E-state index >= 15 is 0 Å². The Hall–Kier alpha value is -2.71. The Labute approximate surface area is 126 Å². The number of anilines is 2. The smallest absolute Gasteiger partial charge is 0.262 e. The minimum atomic E-state index is -0.355. The summed E-state index contributed by atoms with van der Waals surface area (Å²) in [7, 11) is 0. The number of nitrogens with two attached hydrogens (primary N) is 1. The second-order valence-corrected chi connectivity index (χ2v) is 4.59. The van der Waals surface area contributed by atoms with Crippen LogP contribution in [-0.2, 0) is 4.79 Å². The number of nitrogen functional groups attached to an aromatic ring is 1. The van der Waals surface area contributed by atoms with Gasteiger partial charge in [-0.2, -0.15) is 5.26 Å². The summed E-state index contributed by atoms with van der Waals surface area (Å²) in [5, 5.41) is 11.8. The summed E-state index contributed by atoms with van der Waals surface area (Å²) in [6.45, 7) is -0.207. The maximum atomic E-state index is 11.8. The number of hydrogen-bond donors (Lipinski definition) is 2. The average Bonchev–Trinajstić information content (AvgIpc) is 2.48. The average molecular weight is 302 g/mol. The van der Waals surface area contributed by atoms with Crippen molar-refractivity contribution in [2.75, 3.05) is 17.7 Å². The first-order chi connectivity index (χ1) is 10.1. The van der Waals surface area contributed by atoms with Crippen LogP contribution in [0.25, 0.3) is 0 Å². The molecular weight excluding hydrogens is 290 g/mol. The molecule has 2 aromatic carbocycles. The molecule has 0 fully saturated rings. The fourth-order valence-electron chi connectivity index (χ4n) is 1.64. The summed E-state index contributed by atoms with van der Waals surface area (Å²) in [6.07, 6.45) is 0. The summed E-state index contributed by atoms with van der Waals surface area (Å²) >= 11 is 5.94. The number of rotatable bonds is 4. The highest BCUT2D eigenvalue weighted by Gasteiger charge is 2.08. The summed E-state index contributed by atoms with van der Waals surface area (Å²) in [5.74, 6) is -0.00447. The number of benzene rings is 2. The monoisotopic (exact) mass is 301 g/mol. The molecule has 0 aromatic heterocycles. The van der Waals surface area contributed by atoms with E-state index in [4.69, 9.17) is 27.3 Å². The number of hydrogen-bond acceptors (Lipinski definition) is 4. The molecule has 2 aromatic rings. The Bertz CT molecular complexity index is 710. The van der Waals surface area contributed by atoms with Crippen LogP contribution in [0.1, 0.15) is 5.56 Å². The predicted molar refractivity (Wildman–Crippen MR) is 81.1 cm³/mol. The zero-order chi connectivity index (χ0) is 15.2. The quantitative estimate of drug-likeness (QED) is 0.850. The number of nitriles is 1. The van der Waals surface area contributed by atoms with Crippen LogP contribution in [0, 0.1) is 11.3 Å². The Morgan fingerprint density at radius 1 is 1.33 bits per heavy atom. The van der Waals surface area contributed by atoms with Crippen LogP contribution >= 0.6 is 11.6 Å². The molecule has 6 heteroatoms. The van der Waals surface area contributed by atoms with Crippen molar-refractivity contribution in [1.29, 1.82) is 5.26 Å². The molecule has 5 nitrogen and oxygen atoms in total. The minimum absolute atomic E-state index is 0.207. The number of carbonyl (C=O) groups is 1. The molecule has 2 rings (SSSR count). The number of halogens is 1. The molecule has 3 N–H and O–H groups in total. The minimum Gasteiger partial charge on any atom is -0.482 e. The lowest BCUT2D eigenvalue weighted by atomic mass is 10.2. The molecule has 1 amide bonds. The number of ether oxygens (including phenoxy) is 1. The number of nitrogens with one attached hydrogen (secondary N) is 1. The first kappa shape index (κ1) is 14.7. The number of carbonyl (C=O) groups excluding carboxylic acids is 1. The highest BCUT2D eigenvalue weighted by Crippen LogP contribution is 2.23. The zero-order valence-electron chi connectivity index (χ0n) is 11.0. The predicted octanol–water partition coefficient (Wildman–Crippen LogP) is 2.81. The van der Waals surface area contributed by atoms with Crippen LogP contribution in [-0.4, -0.2) is 12.5 Å². The zero-order valence-corrected chi connectivity index (χ0v) is 11.7. The van der Waals surface area contributed by atoms with Gasteiger partial charge in [0.25, 0.3) is 5.91 Å². The van der Waals surface area contributed by atoms with Crippen LogP contribution in [0.4, 0.5) is 11.4 Å². The van der Waals surface area contributed by atoms with Crippen molar-refractivity contribution in [3.05, 3.63) is 53.1 Å². The van der Waals surface area contributed by atoms with Crippen molar-refractivity contribution in [2.24, 2.45) is 0 Å². The molecule has 0 aliphatic rings. The van der Waals surface area contributed by atoms with Crippen LogP contribution in [0.3, 0.4) is 0 Å².